The molecule has 0 unspecified atom stereocenters. The van der Waals surface area contributed by atoms with Gasteiger partial charge in [-0.3, -0.25) is 4.79 Å². The van der Waals surface area contributed by atoms with Crippen LogP contribution >= 0.6 is 0 Å². The highest BCUT2D eigenvalue weighted by molar-refractivity contribution is 6.04. The van der Waals surface area contributed by atoms with E-state index in [1.807, 2.05) is 42.5 Å². The molecule has 24 heavy (non-hydrogen) atoms. The molecular formula is C20H24N2O2. The van der Waals surface area contributed by atoms with Gasteiger partial charge in [-0.25, -0.2) is 0 Å². The Labute approximate surface area is 143 Å². The van der Waals surface area contributed by atoms with Crippen LogP contribution in [0.1, 0.15) is 42.3 Å². The van der Waals surface area contributed by atoms with Gasteiger partial charge in [-0.15, -0.1) is 0 Å². The van der Waals surface area contributed by atoms with Gasteiger partial charge in [-0.2, -0.15) is 0 Å². The third-order valence-corrected chi connectivity index (χ3v) is 4.18. The molecule has 0 saturated heterocycles. The molecule has 0 radical (unpaired) electrons. The molecule has 1 aliphatic rings. The normalized spacial score (nSPS) is 14.3. The molecular weight excluding hydrogens is 300 g/mol. The summed E-state index contributed by atoms with van der Waals surface area (Å²) in [6, 6.07) is 13.6. The summed E-state index contributed by atoms with van der Waals surface area (Å²) in [4.78, 5) is 12.5. The van der Waals surface area contributed by atoms with Crippen molar-refractivity contribution in [2.24, 2.45) is 0 Å². The molecule has 1 heterocycles. The first-order chi connectivity index (χ1) is 11.4. The first-order valence-electron chi connectivity index (χ1n) is 8.32. The van der Waals surface area contributed by atoms with E-state index in [-0.39, 0.29) is 11.3 Å². The lowest BCUT2D eigenvalue weighted by Gasteiger charge is -2.19. The summed E-state index contributed by atoms with van der Waals surface area (Å²) in [5.74, 6) is 0.783. The van der Waals surface area contributed by atoms with Crippen molar-refractivity contribution in [3.63, 3.8) is 0 Å². The van der Waals surface area contributed by atoms with Gasteiger partial charge >= 0.3 is 0 Å². The monoisotopic (exact) mass is 324 g/mol. The maximum absolute atomic E-state index is 12.5. The molecule has 0 saturated carbocycles. The van der Waals surface area contributed by atoms with Crippen LogP contribution in [0.4, 0.5) is 5.69 Å². The Morgan fingerprint density at radius 2 is 1.88 bits per heavy atom. The highest BCUT2D eigenvalue weighted by Gasteiger charge is 2.15. The zero-order chi connectivity index (χ0) is 17.2. The van der Waals surface area contributed by atoms with Crippen LogP contribution in [0.3, 0.4) is 0 Å². The van der Waals surface area contributed by atoms with E-state index in [0.717, 1.165) is 30.1 Å². The average Bonchev–Trinajstić information content (AvgIpc) is 2.79. The second kappa shape index (κ2) is 6.65. The van der Waals surface area contributed by atoms with E-state index in [4.69, 9.17) is 4.74 Å². The molecule has 126 valence electrons. The smallest absolute Gasteiger partial charge is 0.255 e. The van der Waals surface area contributed by atoms with Crippen LogP contribution in [-0.4, -0.2) is 19.1 Å². The van der Waals surface area contributed by atoms with E-state index in [1.54, 1.807) is 0 Å². The zero-order valence-electron chi connectivity index (χ0n) is 14.5. The summed E-state index contributed by atoms with van der Waals surface area (Å²) < 4.78 is 5.66. The fraction of sp³-hybridized carbons (Fsp3) is 0.350. The molecule has 2 aromatic carbocycles. The molecule has 0 bridgehead atoms. The van der Waals surface area contributed by atoms with Gasteiger partial charge in [0, 0.05) is 29.9 Å². The molecule has 0 aromatic heterocycles. The van der Waals surface area contributed by atoms with E-state index in [0.29, 0.717) is 12.2 Å². The van der Waals surface area contributed by atoms with Crippen molar-refractivity contribution in [1.29, 1.82) is 0 Å². The van der Waals surface area contributed by atoms with Gasteiger partial charge < -0.3 is 15.4 Å². The van der Waals surface area contributed by atoms with Crippen LogP contribution in [0.25, 0.3) is 0 Å². The number of anilines is 1. The Morgan fingerprint density at radius 3 is 2.58 bits per heavy atom. The summed E-state index contributed by atoms with van der Waals surface area (Å²) in [5, 5.41) is 6.26. The van der Waals surface area contributed by atoms with Gasteiger partial charge in [0.1, 0.15) is 12.4 Å². The van der Waals surface area contributed by atoms with Gasteiger partial charge in [0.15, 0.2) is 0 Å². The Bertz CT molecular complexity index is 730. The number of fused-ring (bicyclic) bond motifs is 1. The van der Waals surface area contributed by atoms with Crippen LogP contribution in [0.2, 0.25) is 0 Å². The minimum atomic E-state index is -0.0992. The molecule has 0 aliphatic carbocycles. The first kappa shape index (κ1) is 16.5. The molecule has 0 fully saturated rings. The Morgan fingerprint density at radius 1 is 1.12 bits per heavy atom. The Hall–Kier alpha value is -2.33. The van der Waals surface area contributed by atoms with Crippen LogP contribution in [-0.2, 0) is 12.0 Å². The summed E-state index contributed by atoms with van der Waals surface area (Å²) in [6.45, 7) is 8.73. The van der Waals surface area contributed by atoms with Crippen molar-refractivity contribution in [3.8, 4) is 5.75 Å². The topological polar surface area (TPSA) is 50.4 Å². The SMILES string of the molecule is CC(C)(C)c1ccc(C(=O)Nc2ccc3c(c2)CNCCO3)cc1. The van der Waals surface area contributed by atoms with Crippen molar-refractivity contribution in [2.45, 2.75) is 32.7 Å². The maximum Gasteiger partial charge on any atom is 0.255 e. The molecule has 4 nitrogen and oxygen atoms in total. The van der Waals surface area contributed by atoms with E-state index < -0.39 is 0 Å². The highest BCUT2D eigenvalue weighted by atomic mass is 16.5. The van der Waals surface area contributed by atoms with Crippen molar-refractivity contribution >= 4 is 11.6 Å². The predicted octanol–water partition coefficient (Wildman–Crippen LogP) is 3.72. The first-order valence-corrected chi connectivity index (χ1v) is 8.32. The summed E-state index contributed by atoms with van der Waals surface area (Å²) in [7, 11) is 0. The molecule has 1 aliphatic heterocycles. The van der Waals surface area contributed by atoms with Crippen molar-refractivity contribution in [2.75, 3.05) is 18.5 Å². The predicted molar refractivity (Wildman–Crippen MR) is 96.7 cm³/mol. The number of hydrogen-bond donors (Lipinski definition) is 2. The molecule has 2 aromatic rings. The van der Waals surface area contributed by atoms with Gasteiger partial charge in [0.05, 0.1) is 0 Å². The lowest BCUT2D eigenvalue weighted by molar-refractivity contribution is 0.102. The van der Waals surface area contributed by atoms with E-state index >= 15 is 0 Å². The average molecular weight is 324 g/mol. The molecule has 4 heteroatoms. The Kier molecular flexibility index (Phi) is 4.58. The second-order valence-electron chi connectivity index (χ2n) is 7.13. The van der Waals surface area contributed by atoms with Gasteiger partial charge in [-0.1, -0.05) is 32.9 Å². The second-order valence-corrected chi connectivity index (χ2v) is 7.13. The van der Waals surface area contributed by atoms with Gasteiger partial charge in [-0.05, 0) is 41.3 Å². The number of hydrogen-bond acceptors (Lipinski definition) is 3. The fourth-order valence-electron chi connectivity index (χ4n) is 2.72. The quantitative estimate of drug-likeness (QED) is 0.885. The van der Waals surface area contributed by atoms with Crippen LogP contribution < -0.4 is 15.4 Å². The molecule has 1 amide bonds. The lowest BCUT2D eigenvalue weighted by atomic mass is 9.87. The van der Waals surface area contributed by atoms with Crippen molar-refractivity contribution in [1.82, 2.24) is 5.32 Å². The third-order valence-electron chi connectivity index (χ3n) is 4.18. The standard InChI is InChI=1S/C20H24N2O2/c1-20(2,3)16-6-4-14(5-7-16)19(23)22-17-8-9-18-15(12-17)13-21-10-11-24-18/h4-9,12,21H,10-11,13H2,1-3H3,(H,22,23). The van der Waals surface area contributed by atoms with Crippen molar-refractivity contribution < 1.29 is 9.53 Å². The number of amides is 1. The summed E-state index contributed by atoms with van der Waals surface area (Å²) in [5.41, 5.74) is 3.80. The largest absolute Gasteiger partial charge is 0.492 e. The molecule has 0 atom stereocenters. The van der Waals surface area contributed by atoms with Crippen LogP contribution in [0, 0.1) is 0 Å². The number of benzene rings is 2. The summed E-state index contributed by atoms with van der Waals surface area (Å²) >= 11 is 0. The highest BCUT2D eigenvalue weighted by Crippen LogP contribution is 2.25. The van der Waals surface area contributed by atoms with E-state index in [1.165, 1.54) is 5.56 Å². The third kappa shape index (κ3) is 3.77. The maximum atomic E-state index is 12.5. The summed E-state index contributed by atoms with van der Waals surface area (Å²) in [6.07, 6.45) is 0. The Balaban J connectivity index is 1.74. The van der Waals surface area contributed by atoms with Crippen LogP contribution in [0.15, 0.2) is 42.5 Å². The number of rotatable bonds is 2. The number of ether oxygens (including phenoxy) is 1. The molecule has 2 N–H and O–H groups in total. The minimum absolute atomic E-state index is 0.0823. The molecule has 3 rings (SSSR count). The number of nitrogens with one attached hydrogen (secondary N) is 2. The van der Waals surface area contributed by atoms with Gasteiger partial charge in [0.2, 0.25) is 0 Å². The van der Waals surface area contributed by atoms with Gasteiger partial charge in [0.25, 0.3) is 5.91 Å². The fourth-order valence-corrected chi connectivity index (χ4v) is 2.72. The minimum Gasteiger partial charge on any atom is -0.492 e. The zero-order valence-corrected chi connectivity index (χ0v) is 14.5. The van der Waals surface area contributed by atoms with E-state index in [9.17, 15) is 4.79 Å². The number of carbonyl (C=O) groups is 1. The molecule has 0 spiro atoms. The van der Waals surface area contributed by atoms with Crippen molar-refractivity contribution in [3.05, 3.63) is 59.2 Å². The van der Waals surface area contributed by atoms with E-state index in [2.05, 4.69) is 31.4 Å². The number of carbonyl (C=O) groups excluding carboxylic acids is 1. The lowest BCUT2D eigenvalue weighted by Crippen LogP contribution is -2.16. The van der Waals surface area contributed by atoms with Crippen LogP contribution in [0.5, 0.6) is 5.75 Å².